The molecule has 0 aliphatic carbocycles. The summed E-state index contributed by atoms with van der Waals surface area (Å²) in [5.74, 6) is 1.93. The molecule has 2 heterocycles. The van der Waals surface area contributed by atoms with Gasteiger partial charge in [-0.2, -0.15) is 0 Å². The lowest BCUT2D eigenvalue weighted by Gasteiger charge is -2.33. The molecular formula is C18H30O2S. The minimum atomic E-state index is 0.255. The molecule has 0 spiro atoms. The molecule has 0 amide bonds. The van der Waals surface area contributed by atoms with Crippen LogP contribution in [0.25, 0.3) is 0 Å². The highest BCUT2D eigenvalue weighted by Gasteiger charge is 2.31. The van der Waals surface area contributed by atoms with Gasteiger partial charge >= 0.3 is 0 Å². The smallest absolute Gasteiger partial charge is 0.172 e. The van der Waals surface area contributed by atoms with E-state index in [9.17, 15) is 0 Å². The second kappa shape index (κ2) is 9.34. The van der Waals surface area contributed by atoms with E-state index in [-0.39, 0.29) is 12.2 Å². The first-order chi connectivity index (χ1) is 10.3. The van der Waals surface area contributed by atoms with E-state index in [2.05, 4.69) is 24.6 Å². The molecule has 1 aliphatic rings. The summed E-state index contributed by atoms with van der Waals surface area (Å²) in [6, 6.07) is 0. The maximum absolute atomic E-state index is 6.21. The van der Waals surface area contributed by atoms with Gasteiger partial charge in [0.25, 0.3) is 0 Å². The average Bonchev–Trinajstić information content (AvgIpc) is 2.95. The van der Waals surface area contributed by atoms with Crippen LogP contribution in [-0.4, -0.2) is 12.2 Å². The molecule has 2 atom stereocenters. The van der Waals surface area contributed by atoms with Gasteiger partial charge in [0.05, 0.1) is 0 Å². The van der Waals surface area contributed by atoms with Crippen molar-refractivity contribution >= 4 is 11.3 Å². The second-order valence-electron chi connectivity index (χ2n) is 6.11. The van der Waals surface area contributed by atoms with Gasteiger partial charge in [-0.15, -0.1) is 11.3 Å². The third-order valence-electron chi connectivity index (χ3n) is 4.25. The third-order valence-corrected chi connectivity index (χ3v) is 4.95. The van der Waals surface area contributed by atoms with Crippen molar-refractivity contribution in [3.05, 3.63) is 10.8 Å². The van der Waals surface area contributed by atoms with E-state index < -0.39 is 0 Å². The lowest BCUT2D eigenvalue weighted by Crippen LogP contribution is -2.39. The fraction of sp³-hybridized carbons (Fsp3) is 0.778. The van der Waals surface area contributed by atoms with Crippen molar-refractivity contribution in [1.29, 1.82) is 0 Å². The number of unbranched alkanes of at least 4 members (excludes halogenated alkanes) is 6. The van der Waals surface area contributed by atoms with E-state index in [4.69, 9.17) is 9.47 Å². The zero-order valence-electron chi connectivity index (χ0n) is 13.6. The van der Waals surface area contributed by atoms with Crippen LogP contribution in [-0.2, 0) is 0 Å². The summed E-state index contributed by atoms with van der Waals surface area (Å²) in [7, 11) is 0. The van der Waals surface area contributed by atoms with Gasteiger partial charge in [-0.3, -0.25) is 0 Å². The number of thiophene rings is 1. The van der Waals surface area contributed by atoms with Crippen molar-refractivity contribution in [2.45, 2.75) is 90.3 Å². The predicted octanol–water partition coefficient (Wildman–Crippen LogP) is 6.20. The van der Waals surface area contributed by atoms with Crippen molar-refractivity contribution < 1.29 is 9.47 Å². The normalized spacial score (nSPS) is 20.7. The van der Waals surface area contributed by atoms with E-state index in [0.29, 0.717) is 0 Å². The highest BCUT2D eigenvalue weighted by atomic mass is 32.1. The molecule has 0 fully saturated rings. The maximum Gasteiger partial charge on any atom is 0.172 e. The standard InChI is InChI=1S/C18H30O2S/c1-3-5-7-9-11-15-16(12-10-8-6-4-2)20-18-14-21-13-17(18)19-15/h13-16H,3-12H2,1-2H3/t15-,16-/m0/s1. The molecular weight excluding hydrogens is 280 g/mol. The molecule has 0 radical (unpaired) electrons. The Morgan fingerprint density at radius 1 is 0.762 bits per heavy atom. The van der Waals surface area contributed by atoms with Crippen LogP contribution in [0.2, 0.25) is 0 Å². The third kappa shape index (κ3) is 5.21. The van der Waals surface area contributed by atoms with Gasteiger partial charge in [-0.25, -0.2) is 0 Å². The van der Waals surface area contributed by atoms with Gasteiger partial charge in [-0.05, 0) is 25.7 Å². The molecule has 0 aromatic carbocycles. The SMILES string of the molecule is CCCCCC[C@@H]1Oc2cscc2O[C@H]1CCCCCC. The quantitative estimate of drug-likeness (QED) is 0.479. The summed E-state index contributed by atoms with van der Waals surface area (Å²) in [6.45, 7) is 4.52. The minimum absolute atomic E-state index is 0.255. The number of ether oxygens (including phenoxy) is 2. The van der Waals surface area contributed by atoms with Gasteiger partial charge in [0.2, 0.25) is 0 Å². The Morgan fingerprint density at radius 3 is 1.67 bits per heavy atom. The average molecular weight is 311 g/mol. The van der Waals surface area contributed by atoms with Crippen molar-refractivity contribution in [3.63, 3.8) is 0 Å². The first-order valence-corrected chi connectivity index (χ1v) is 9.69. The van der Waals surface area contributed by atoms with E-state index >= 15 is 0 Å². The van der Waals surface area contributed by atoms with Crippen molar-refractivity contribution in [2.75, 3.05) is 0 Å². The highest BCUT2D eigenvalue weighted by Crippen LogP contribution is 2.39. The van der Waals surface area contributed by atoms with Crippen molar-refractivity contribution in [2.24, 2.45) is 0 Å². The molecule has 120 valence electrons. The van der Waals surface area contributed by atoms with Gasteiger partial charge in [0.15, 0.2) is 11.5 Å². The summed E-state index contributed by atoms with van der Waals surface area (Å²) < 4.78 is 12.4. The van der Waals surface area contributed by atoms with Gasteiger partial charge < -0.3 is 9.47 Å². The topological polar surface area (TPSA) is 18.5 Å². The number of hydrogen-bond donors (Lipinski definition) is 0. The Balaban J connectivity index is 1.84. The van der Waals surface area contributed by atoms with Gasteiger partial charge in [0.1, 0.15) is 12.2 Å². The number of fused-ring (bicyclic) bond motifs is 1. The molecule has 1 aliphatic heterocycles. The van der Waals surface area contributed by atoms with Crippen molar-refractivity contribution in [1.82, 2.24) is 0 Å². The van der Waals surface area contributed by atoms with Crippen LogP contribution in [0.5, 0.6) is 11.5 Å². The van der Waals surface area contributed by atoms with Crippen molar-refractivity contribution in [3.8, 4) is 11.5 Å². The predicted molar refractivity (Wildman–Crippen MR) is 90.7 cm³/mol. The fourth-order valence-electron chi connectivity index (χ4n) is 2.96. The molecule has 0 N–H and O–H groups in total. The molecule has 2 nitrogen and oxygen atoms in total. The molecule has 0 saturated heterocycles. The lowest BCUT2D eigenvalue weighted by atomic mass is 9.99. The largest absolute Gasteiger partial charge is 0.482 e. The molecule has 1 aromatic heterocycles. The Kier molecular flexibility index (Phi) is 7.42. The number of hydrogen-bond acceptors (Lipinski definition) is 3. The highest BCUT2D eigenvalue weighted by molar-refractivity contribution is 7.08. The number of rotatable bonds is 10. The summed E-state index contributed by atoms with van der Waals surface area (Å²) in [4.78, 5) is 0. The molecule has 2 rings (SSSR count). The van der Waals surface area contributed by atoms with Crippen LogP contribution >= 0.6 is 11.3 Å². The first-order valence-electron chi connectivity index (χ1n) is 8.74. The summed E-state index contributed by atoms with van der Waals surface area (Å²) in [5.41, 5.74) is 0. The monoisotopic (exact) mass is 310 g/mol. The van der Waals surface area contributed by atoms with Gasteiger partial charge in [-0.1, -0.05) is 52.4 Å². The first kappa shape index (κ1) is 16.7. The summed E-state index contributed by atoms with van der Waals surface area (Å²) in [6.07, 6.45) is 13.2. The molecule has 0 unspecified atom stereocenters. The van der Waals surface area contributed by atoms with E-state index in [0.717, 1.165) is 24.3 Å². The lowest BCUT2D eigenvalue weighted by molar-refractivity contribution is 0.00991. The van der Waals surface area contributed by atoms with E-state index in [1.165, 1.54) is 51.4 Å². The molecule has 0 saturated carbocycles. The zero-order valence-corrected chi connectivity index (χ0v) is 14.4. The van der Waals surface area contributed by atoms with Crippen LogP contribution in [0.3, 0.4) is 0 Å². The Labute approximate surface area is 133 Å². The minimum Gasteiger partial charge on any atom is -0.482 e. The summed E-state index contributed by atoms with van der Waals surface area (Å²) in [5, 5.41) is 4.14. The van der Waals surface area contributed by atoms with Crippen LogP contribution in [0.4, 0.5) is 0 Å². The maximum atomic E-state index is 6.21. The molecule has 21 heavy (non-hydrogen) atoms. The van der Waals surface area contributed by atoms with E-state index in [1.807, 2.05) is 0 Å². The Bertz CT molecular complexity index is 354. The zero-order chi connectivity index (χ0) is 14.9. The van der Waals surface area contributed by atoms with Crippen LogP contribution in [0, 0.1) is 0 Å². The van der Waals surface area contributed by atoms with E-state index in [1.54, 1.807) is 11.3 Å². The fourth-order valence-corrected chi connectivity index (χ4v) is 3.62. The van der Waals surface area contributed by atoms with Crippen LogP contribution in [0.1, 0.15) is 78.1 Å². The van der Waals surface area contributed by atoms with Crippen LogP contribution in [0.15, 0.2) is 10.8 Å². The molecule has 3 heteroatoms. The Hall–Kier alpha value is -0.700. The van der Waals surface area contributed by atoms with Gasteiger partial charge in [0, 0.05) is 10.8 Å². The van der Waals surface area contributed by atoms with Crippen LogP contribution < -0.4 is 9.47 Å². The molecule has 0 bridgehead atoms. The Morgan fingerprint density at radius 2 is 1.24 bits per heavy atom. The molecule has 1 aromatic rings. The second-order valence-corrected chi connectivity index (χ2v) is 6.86. The summed E-state index contributed by atoms with van der Waals surface area (Å²) >= 11 is 1.67.